The third kappa shape index (κ3) is 5.80. The van der Waals surface area contributed by atoms with Crippen molar-refractivity contribution < 1.29 is 0 Å². The van der Waals surface area contributed by atoms with E-state index in [-0.39, 0.29) is 0 Å². The normalized spacial score (nSPS) is 12.5. The molecule has 0 bridgehead atoms. The Kier molecular flexibility index (Phi) is 9.27. The molecular formula is C76H60. The molecule has 0 atom stereocenters. The highest BCUT2D eigenvalue weighted by molar-refractivity contribution is 6.33. The lowest BCUT2D eigenvalue weighted by atomic mass is 9.83. The maximum absolute atomic E-state index is 2.50. The van der Waals surface area contributed by atoms with Crippen LogP contribution in [0.15, 0.2) is 146 Å². The van der Waals surface area contributed by atoms with E-state index in [1.54, 1.807) is 0 Å². The van der Waals surface area contributed by atoms with Crippen molar-refractivity contribution in [2.75, 3.05) is 0 Å². The van der Waals surface area contributed by atoms with Crippen LogP contribution >= 0.6 is 0 Å². The first-order chi connectivity index (χ1) is 36.7. The Hall–Kier alpha value is -8.32. The molecule has 13 aromatic carbocycles. The Morgan fingerprint density at radius 2 is 0.382 bits per heavy atom. The first-order valence-electron chi connectivity index (χ1n) is 27.4. The second-order valence-electron chi connectivity index (χ2n) is 23.3. The number of rotatable bonds is 4. The van der Waals surface area contributed by atoms with E-state index < -0.39 is 0 Å². The molecule has 0 fully saturated rings. The molecule has 0 aromatic heterocycles. The maximum atomic E-state index is 2.50. The second-order valence-corrected chi connectivity index (χ2v) is 23.3. The van der Waals surface area contributed by atoms with Crippen LogP contribution < -0.4 is 0 Å². The number of benzene rings is 13. The lowest BCUT2D eigenvalue weighted by molar-refractivity contribution is 1.31. The molecule has 13 aromatic rings. The minimum absolute atomic E-state index is 1.30. The molecule has 364 valence electrons. The summed E-state index contributed by atoms with van der Waals surface area (Å²) >= 11 is 0. The molecule has 0 saturated carbocycles. The topological polar surface area (TPSA) is 0 Å². The van der Waals surface area contributed by atoms with Crippen LogP contribution in [0.25, 0.3) is 109 Å². The first kappa shape index (κ1) is 45.1. The fraction of sp³-hybridized carbons (Fsp3) is 0.158. The van der Waals surface area contributed by atoms with E-state index in [4.69, 9.17) is 0 Å². The highest BCUT2D eigenvalue weighted by Gasteiger charge is 2.28. The van der Waals surface area contributed by atoms with Crippen molar-refractivity contribution in [2.45, 2.75) is 83.1 Å². The minimum atomic E-state index is 1.30. The van der Waals surface area contributed by atoms with E-state index in [9.17, 15) is 0 Å². The lowest BCUT2D eigenvalue weighted by Crippen LogP contribution is -1.98. The molecule has 15 rings (SSSR count). The van der Waals surface area contributed by atoms with Gasteiger partial charge >= 0.3 is 0 Å². The first-order valence-corrected chi connectivity index (χ1v) is 27.4. The van der Waals surface area contributed by atoms with Crippen LogP contribution in [0, 0.1) is 125 Å². The molecular weight excluding hydrogens is 913 g/mol. The Morgan fingerprint density at radius 3 is 0.579 bits per heavy atom. The molecule has 2 aliphatic rings. The van der Waals surface area contributed by atoms with Crippen molar-refractivity contribution in [1.82, 2.24) is 0 Å². The monoisotopic (exact) mass is 972 g/mol. The van der Waals surface area contributed by atoms with E-state index in [1.807, 2.05) is 0 Å². The summed E-state index contributed by atoms with van der Waals surface area (Å²) in [5.41, 5.74) is 26.6. The summed E-state index contributed by atoms with van der Waals surface area (Å²) in [4.78, 5) is 0. The number of fused-ring (bicyclic) bond motifs is 6. The molecule has 0 unspecified atom stereocenters. The van der Waals surface area contributed by atoms with Gasteiger partial charge in [0.05, 0.1) is 0 Å². The summed E-state index contributed by atoms with van der Waals surface area (Å²) in [7, 11) is 0. The summed E-state index contributed by atoms with van der Waals surface area (Å²) in [5.74, 6) is 0. The lowest BCUT2D eigenvalue weighted by Gasteiger charge is -2.20. The summed E-state index contributed by atoms with van der Waals surface area (Å²) in [6.45, 7) is 27.5. The minimum Gasteiger partial charge on any atom is -0.0616 e. The van der Waals surface area contributed by atoms with Gasteiger partial charge in [0.25, 0.3) is 0 Å². The fourth-order valence-corrected chi connectivity index (χ4v) is 16.0. The van der Waals surface area contributed by atoms with Crippen molar-refractivity contribution in [1.29, 1.82) is 0 Å². The van der Waals surface area contributed by atoms with Gasteiger partial charge in [-0.15, -0.1) is 0 Å². The predicted molar refractivity (Wildman–Crippen MR) is 325 cm³/mol. The molecule has 0 heteroatoms. The van der Waals surface area contributed by atoms with E-state index in [1.165, 1.54) is 218 Å². The third-order valence-corrected chi connectivity index (χ3v) is 18.1. The summed E-state index contributed by atoms with van der Waals surface area (Å²) in [5, 5.41) is 26.9. The highest BCUT2D eigenvalue weighted by Crippen LogP contribution is 2.51. The SMILES string of the molecule is Cc1cc(C)c(-c2c3c(c(-c4c(C)cc(C)cc4C)c4ccccc24)=c2ccc4c5ccc6c7c(ccc(c8ccc=3c2c84)c75)=c2c(-c3c(C)cc(C)cc3C)c3ccccc3c(-c3c(C)cc(C)cc3C)c2=6)c(C)c1. The van der Waals surface area contributed by atoms with Gasteiger partial charge in [0.2, 0.25) is 0 Å². The average molecular weight is 973 g/mol. The zero-order valence-corrected chi connectivity index (χ0v) is 45.9. The third-order valence-electron chi connectivity index (χ3n) is 18.1. The van der Waals surface area contributed by atoms with E-state index >= 15 is 0 Å². The highest BCUT2D eigenvalue weighted by atomic mass is 14.3. The van der Waals surface area contributed by atoms with Crippen LogP contribution in [0.2, 0.25) is 0 Å². The van der Waals surface area contributed by atoms with Gasteiger partial charge in [0.15, 0.2) is 0 Å². The smallest absolute Gasteiger partial charge is 0.000720 e. The molecule has 0 aliphatic heterocycles. The Labute approximate surface area is 443 Å². The van der Waals surface area contributed by atoms with Gasteiger partial charge in [-0.25, -0.2) is 0 Å². The molecule has 0 heterocycles. The number of aryl methyl sites for hydroxylation is 12. The molecule has 2 aliphatic carbocycles. The van der Waals surface area contributed by atoms with Crippen LogP contribution in [0.3, 0.4) is 0 Å². The van der Waals surface area contributed by atoms with E-state index in [0.29, 0.717) is 0 Å². The Bertz CT molecular complexity index is 4590. The molecule has 0 saturated heterocycles. The van der Waals surface area contributed by atoms with Crippen LogP contribution in [-0.4, -0.2) is 0 Å². The molecule has 76 heavy (non-hydrogen) atoms. The standard InChI is InChI=1S/C76H60/c1-37-29-41(5)61(42(6)30-37)69-49-17-13-14-18-50(49)70(62-43(7)31-38(2)32-44(62)8)74-58-26-22-54-56-24-28-60-68-59(27-23-55(66(56)68)53-21-25-57(73(69)74)67(58)65(53)54)75-71(63-45(9)33-39(3)34-46(63)10)51-19-15-16-20-52(51)72(76(60)75)64-47(11)35-40(4)36-48(64)12/h13-36H,1-12H3. The van der Waals surface area contributed by atoms with Crippen molar-refractivity contribution in [3.05, 3.63) is 254 Å². The second kappa shape index (κ2) is 15.6. The Morgan fingerprint density at radius 1 is 0.184 bits per heavy atom. The van der Waals surface area contributed by atoms with Crippen molar-refractivity contribution in [3.63, 3.8) is 0 Å². The van der Waals surface area contributed by atoms with E-state index in [2.05, 4.69) is 229 Å². The van der Waals surface area contributed by atoms with Crippen molar-refractivity contribution in [3.8, 4) is 44.5 Å². The van der Waals surface area contributed by atoms with Crippen molar-refractivity contribution in [2.24, 2.45) is 0 Å². The van der Waals surface area contributed by atoms with Gasteiger partial charge in [0, 0.05) is 0 Å². The molecule has 0 spiro atoms. The van der Waals surface area contributed by atoms with Crippen LogP contribution in [0.4, 0.5) is 0 Å². The molecule has 0 nitrogen and oxygen atoms in total. The quantitative estimate of drug-likeness (QED) is 0.122. The number of hydrogen-bond acceptors (Lipinski definition) is 0. The van der Waals surface area contributed by atoms with Crippen LogP contribution in [0.5, 0.6) is 0 Å². The van der Waals surface area contributed by atoms with Gasteiger partial charge in [-0.2, -0.15) is 0 Å². The Balaban J connectivity index is 1.19. The van der Waals surface area contributed by atoms with Gasteiger partial charge in [-0.05, 0) is 278 Å². The number of hydrogen-bond donors (Lipinski definition) is 0. The predicted octanol–water partition coefficient (Wildman–Crippen LogP) is 20.2. The summed E-state index contributed by atoms with van der Waals surface area (Å²) in [6.07, 6.45) is 0. The summed E-state index contributed by atoms with van der Waals surface area (Å²) < 4.78 is 0. The van der Waals surface area contributed by atoms with Gasteiger partial charge in [-0.1, -0.05) is 168 Å². The summed E-state index contributed by atoms with van der Waals surface area (Å²) in [6, 6.07) is 57.6. The zero-order valence-electron chi connectivity index (χ0n) is 45.9. The van der Waals surface area contributed by atoms with Crippen molar-refractivity contribution >= 4 is 64.6 Å². The average Bonchev–Trinajstić information content (AvgIpc) is 4.01. The van der Waals surface area contributed by atoms with Gasteiger partial charge in [-0.3, -0.25) is 0 Å². The zero-order chi connectivity index (χ0) is 52.1. The van der Waals surface area contributed by atoms with Crippen LogP contribution in [-0.2, 0) is 0 Å². The van der Waals surface area contributed by atoms with Gasteiger partial charge < -0.3 is 0 Å². The molecule has 0 radical (unpaired) electrons. The van der Waals surface area contributed by atoms with E-state index in [0.717, 1.165) is 0 Å². The molecule has 0 amide bonds. The van der Waals surface area contributed by atoms with Crippen LogP contribution in [0.1, 0.15) is 66.8 Å². The molecule has 0 N–H and O–H groups in total. The van der Waals surface area contributed by atoms with Gasteiger partial charge in [0.1, 0.15) is 0 Å². The fourth-order valence-electron chi connectivity index (χ4n) is 16.0. The largest absolute Gasteiger partial charge is 0.0616 e. The maximum Gasteiger partial charge on any atom is -0.000720 e.